The van der Waals surface area contributed by atoms with Crippen LogP contribution in [-0.2, 0) is 12.6 Å². The minimum Gasteiger partial charge on any atom is -0.257 e. The van der Waals surface area contributed by atoms with Gasteiger partial charge in [0.1, 0.15) is 0 Å². The fourth-order valence-corrected chi connectivity index (χ4v) is 1.82. The van der Waals surface area contributed by atoms with Crippen molar-refractivity contribution < 1.29 is 13.2 Å². The van der Waals surface area contributed by atoms with Crippen LogP contribution in [0.2, 0.25) is 0 Å². The first kappa shape index (κ1) is 10.2. The van der Waals surface area contributed by atoms with Gasteiger partial charge >= 0.3 is 6.18 Å². The van der Waals surface area contributed by atoms with Crippen molar-refractivity contribution in [2.24, 2.45) is 4.99 Å². The lowest BCUT2D eigenvalue weighted by atomic mass is 10.0. The summed E-state index contributed by atoms with van der Waals surface area (Å²) in [4.78, 5) is 4.22. The number of halogens is 3. The fourth-order valence-electron chi connectivity index (χ4n) is 1.82. The van der Waals surface area contributed by atoms with Gasteiger partial charge in [0.15, 0.2) is 0 Å². The van der Waals surface area contributed by atoms with Crippen LogP contribution in [0.25, 0.3) is 0 Å². The van der Waals surface area contributed by atoms with Gasteiger partial charge in [0, 0.05) is 12.1 Å². The van der Waals surface area contributed by atoms with Crippen LogP contribution in [0, 0.1) is 6.92 Å². The van der Waals surface area contributed by atoms with Crippen molar-refractivity contribution in [1.82, 2.24) is 0 Å². The summed E-state index contributed by atoms with van der Waals surface area (Å²) in [6, 6.07) is 2.35. The number of alkyl halides is 3. The summed E-state index contributed by atoms with van der Waals surface area (Å²) >= 11 is 0. The molecule has 0 aromatic heterocycles. The molecule has 0 spiro atoms. The molecule has 1 aromatic carbocycles. The molecule has 4 heteroatoms. The Morgan fingerprint density at radius 2 is 1.87 bits per heavy atom. The van der Waals surface area contributed by atoms with E-state index >= 15 is 0 Å². The minimum atomic E-state index is -4.27. The molecule has 1 aliphatic heterocycles. The Balaban J connectivity index is 2.54. The second kappa shape index (κ2) is 3.08. The van der Waals surface area contributed by atoms with Gasteiger partial charge in [-0.3, -0.25) is 4.99 Å². The monoisotopic (exact) mass is 213 g/mol. The van der Waals surface area contributed by atoms with E-state index in [0.717, 1.165) is 11.8 Å². The standard InChI is InChI=1S/C11H10F3N/c1-6-3-9(11(12,13)14)5-8-4-7(2)15-10(6)8/h3,5H,4H2,1-2H3. The summed E-state index contributed by atoms with van der Waals surface area (Å²) in [6.07, 6.45) is -3.74. The molecule has 0 bridgehead atoms. The summed E-state index contributed by atoms with van der Waals surface area (Å²) < 4.78 is 37.5. The van der Waals surface area contributed by atoms with Gasteiger partial charge in [0.25, 0.3) is 0 Å². The Kier molecular flexibility index (Phi) is 2.10. The van der Waals surface area contributed by atoms with Gasteiger partial charge in [-0.25, -0.2) is 0 Å². The average Bonchev–Trinajstić information content (AvgIpc) is 2.44. The molecule has 0 amide bonds. The molecule has 0 aliphatic carbocycles. The third-order valence-electron chi connectivity index (χ3n) is 2.46. The molecular weight excluding hydrogens is 203 g/mol. The zero-order chi connectivity index (χ0) is 11.2. The molecule has 0 unspecified atom stereocenters. The summed E-state index contributed by atoms with van der Waals surface area (Å²) in [5.41, 5.74) is 2.27. The molecule has 0 fully saturated rings. The molecular formula is C11H10F3N. The van der Waals surface area contributed by atoms with Crippen LogP contribution in [0.4, 0.5) is 18.9 Å². The van der Waals surface area contributed by atoms with E-state index in [1.54, 1.807) is 6.92 Å². The highest BCUT2D eigenvalue weighted by atomic mass is 19.4. The first-order valence-electron chi connectivity index (χ1n) is 4.63. The van der Waals surface area contributed by atoms with Crippen LogP contribution in [0.3, 0.4) is 0 Å². The lowest BCUT2D eigenvalue weighted by Crippen LogP contribution is -2.06. The predicted molar refractivity (Wildman–Crippen MR) is 52.7 cm³/mol. The van der Waals surface area contributed by atoms with E-state index < -0.39 is 11.7 Å². The normalized spacial score (nSPS) is 15.1. The fraction of sp³-hybridized carbons (Fsp3) is 0.364. The zero-order valence-electron chi connectivity index (χ0n) is 8.44. The van der Waals surface area contributed by atoms with Crippen LogP contribution in [-0.4, -0.2) is 5.71 Å². The molecule has 0 N–H and O–H groups in total. The lowest BCUT2D eigenvalue weighted by Gasteiger charge is -2.10. The largest absolute Gasteiger partial charge is 0.416 e. The Morgan fingerprint density at radius 1 is 1.20 bits per heavy atom. The Labute approximate surface area is 85.6 Å². The van der Waals surface area contributed by atoms with Gasteiger partial charge in [0.2, 0.25) is 0 Å². The van der Waals surface area contributed by atoms with Crippen LogP contribution in [0.15, 0.2) is 17.1 Å². The smallest absolute Gasteiger partial charge is 0.257 e. The van der Waals surface area contributed by atoms with E-state index in [1.165, 1.54) is 6.07 Å². The highest BCUT2D eigenvalue weighted by Crippen LogP contribution is 2.37. The predicted octanol–water partition coefficient (Wildman–Crippen LogP) is 3.66. The number of aryl methyl sites for hydroxylation is 1. The zero-order valence-corrected chi connectivity index (χ0v) is 8.44. The molecule has 1 nitrogen and oxygen atoms in total. The molecule has 0 radical (unpaired) electrons. The van der Waals surface area contributed by atoms with Crippen LogP contribution < -0.4 is 0 Å². The van der Waals surface area contributed by atoms with Crippen LogP contribution >= 0.6 is 0 Å². The first-order valence-corrected chi connectivity index (χ1v) is 4.63. The summed E-state index contributed by atoms with van der Waals surface area (Å²) in [7, 11) is 0. The van der Waals surface area contributed by atoms with Crippen molar-refractivity contribution >= 4 is 11.4 Å². The summed E-state index contributed by atoms with van der Waals surface area (Å²) in [5, 5.41) is 0. The molecule has 80 valence electrons. The first-order chi connectivity index (χ1) is 6.88. The number of rotatable bonds is 0. The van der Waals surface area contributed by atoms with E-state index in [-0.39, 0.29) is 0 Å². The average molecular weight is 213 g/mol. The molecule has 1 heterocycles. The quantitative estimate of drug-likeness (QED) is 0.623. The van der Waals surface area contributed by atoms with Crippen molar-refractivity contribution in [3.05, 3.63) is 28.8 Å². The van der Waals surface area contributed by atoms with E-state index in [4.69, 9.17) is 0 Å². The number of hydrogen-bond donors (Lipinski definition) is 0. The van der Waals surface area contributed by atoms with E-state index in [0.29, 0.717) is 23.2 Å². The number of fused-ring (bicyclic) bond motifs is 1. The number of benzene rings is 1. The maximum atomic E-state index is 12.5. The SMILES string of the molecule is CC1=Nc2c(C)cc(C(F)(F)F)cc2C1. The molecule has 0 atom stereocenters. The van der Waals surface area contributed by atoms with Crippen molar-refractivity contribution in [2.45, 2.75) is 26.4 Å². The van der Waals surface area contributed by atoms with E-state index in [2.05, 4.69) is 4.99 Å². The van der Waals surface area contributed by atoms with Gasteiger partial charge in [-0.15, -0.1) is 0 Å². The van der Waals surface area contributed by atoms with E-state index in [1.807, 2.05) is 6.92 Å². The molecule has 1 aliphatic rings. The van der Waals surface area contributed by atoms with Gasteiger partial charge in [-0.2, -0.15) is 13.2 Å². The molecule has 0 saturated heterocycles. The Hall–Kier alpha value is -1.32. The summed E-state index contributed by atoms with van der Waals surface area (Å²) in [6.45, 7) is 3.49. The van der Waals surface area contributed by atoms with Gasteiger partial charge < -0.3 is 0 Å². The number of nitrogens with zero attached hydrogens (tertiary/aromatic N) is 1. The second-order valence-electron chi connectivity index (χ2n) is 3.82. The number of aliphatic imine (C=N–C) groups is 1. The summed E-state index contributed by atoms with van der Waals surface area (Å²) in [5.74, 6) is 0. The molecule has 1 aromatic rings. The highest BCUT2D eigenvalue weighted by molar-refractivity contribution is 5.92. The Bertz CT molecular complexity index is 444. The minimum absolute atomic E-state index is 0.528. The van der Waals surface area contributed by atoms with E-state index in [9.17, 15) is 13.2 Å². The van der Waals surface area contributed by atoms with Gasteiger partial charge in [0.05, 0.1) is 11.3 Å². The maximum Gasteiger partial charge on any atom is 0.416 e. The number of hydrogen-bond acceptors (Lipinski definition) is 1. The Morgan fingerprint density at radius 3 is 2.47 bits per heavy atom. The third-order valence-corrected chi connectivity index (χ3v) is 2.46. The van der Waals surface area contributed by atoms with Crippen molar-refractivity contribution in [2.75, 3.05) is 0 Å². The maximum absolute atomic E-state index is 12.5. The molecule has 15 heavy (non-hydrogen) atoms. The molecule has 0 saturated carbocycles. The van der Waals surface area contributed by atoms with Gasteiger partial charge in [-0.1, -0.05) is 0 Å². The van der Waals surface area contributed by atoms with Crippen molar-refractivity contribution in [3.8, 4) is 0 Å². The topological polar surface area (TPSA) is 12.4 Å². The van der Waals surface area contributed by atoms with Crippen LogP contribution in [0.5, 0.6) is 0 Å². The van der Waals surface area contributed by atoms with Crippen LogP contribution in [0.1, 0.15) is 23.6 Å². The van der Waals surface area contributed by atoms with Gasteiger partial charge in [-0.05, 0) is 37.1 Å². The van der Waals surface area contributed by atoms with Crippen molar-refractivity contribution in [1.29, 1.82) is 0 Å². The van der Waals surface area contributed by atoms with Crippen molar-refractivity contribution in [3.63, 3.8) is 0 Å². The highest BCUT2D eigenvalue weighted by Gasteiger charge is 2.32. The third kappa shape index (κ3) is 1.76. The second-order valence-corrected chi connectivity index (χ2v) is 3.82. The lowest BCUT2D eigenvalue weighted by molar-refractivity contribution is -0.137. The molecule has 2 rings (SSSR count).